The molecule has 0 aromatic carbocycles. The Bertz CT molecular complexity index is 285. The molecule has 0 spiro atoms. The molecular weight excluding hydrogens is 178 g/mol. The Labute approximate surface area is 83.8 Å². The monoisotopic (exact) mass is 193 g/mol. The molecule has 4 nitrogen and oxygen atoms in total. The lowest BCUT2D eigenvalue weighted by atomic mass is 10.2. The third kappa shape index (κ3) is 4.00. The largest absolute Gasteiger partial charge is 0.387 e. The summed E-state index contributed by atoms with van der Waals surface area (Å²) in [7, 11) is 1.64. The number of aliphatic imine (C=N–C) groups is 1. The summed E-state index contributed by atoms with van der Waals surface area (Å²) in [5, 5.41) is 0. The lowest BCUT2D eigenvalue weighted by Gasteiger charge is -2.00. The number of nitrogens with two attached hydrogens (primary N) is 1. The number of rotatable bonds is 5. The smallest absolute Gasteiger partial charge is 0.0998 e. The minimum Gasteiger partial charge on any atom is -0.387 e. The van der Waals surface area contributed by atoms with Crippen LogP contribution in [0.2, 0.25) is 0 Å². The first-order valence-electron chi connectivity index (χ1n) is 4.50. The highest BCUT2D eigenvalue weighted by Crippen LogP contribution is 1.94. The second-order valence-electron chi connectivity index (χ2n) is 2.86. The Kier molecular flexibility index (Phi) is 4.64. The molecule has 0 atom stereocenters. The Balaban J connectivity index is 2.40. The van der Waals surface area contributed by atoms with Crippen molar-refractivity contribution < 1.29 is 4.74 Å². The molecule has 76 valence electrons. The number of hydrogen-bond donors (Lipinski definition) is 1. The number of methoxy groups -OCH3 is 1. The van der Waals surface area contributed by atoms with E-state index in [1.54, 1.807) is 13.3 Å². The van der Waals surface area contributed by atoms with Crippen LogP contribution >= 0.6 is 0 Å². The lowest BCUT2D eigenvalue weighted by molar-refractivity contribution is 0.208. The van der Waals surface area contributed by atoms with Gasteiger partial charge < -0.3 is 10.5 Å². The highest BCUT2D eigenvalue weighted by Gasteiger charge is 1.96. The Hall–Kier alpha value is -1.42. The summed E-state index contributed by atoms with van der Waals surface area (Å²) < 4.78 is 4.86. The molecule has 0 saturated carbocycles. The van der Waals surface area contributed by atoms with Gasteiger partial charge in [0.1, 0.15) is 0 Å². The van der Waals surface area contributed by atoms with Crippen LogP contribution in [0.3, 0.4) is 0 Å². The number of hydrogen-bond acceptors (Lipinski definition) is 3. The predicted octanol–water partition coefficient (Wildman–Crippen LogP) is 0.628. The highest BCUT2D eigenvalue weighted by molar-refractivity contribution is 5.82. The average molecular weight is 193 g/mol. The van der Waals surface area contributed by atoms with Crippen LogP contribution in [0.4, 0.5) is 0 Å². The molecule has 1 aromatic rings. The number of amidine groups is 1. The minimum atomic E-state index is 0.598. The number of pyridine rings is 1. The van der Waals surface area contributed by atoms with Gasteiger partial charge in [-0.2, -0.15) is 0 Å². The molecule has 0 saturated heterocycles. The van der Waals surface area contributed by atoms with Gasteiger partial charge in [-0.1, -0.05) is 6.07 Å². The zero-order valence-corrected chi connectivity index (χ0v) is 8.31. The third-order valence-electron chi connectivity index (χ3n) is 1.70. The summed E-state index contributed by atoms with van der Waals surface area (Å²) in [6, 6.07) is 5.74. The van der Waals surface area contributed by atoms with Crippen molar-refractivity contribution in [2.45, 2.75) is 6.42 Å². The summed E-state index contributed by atoms with van der Waals surface area (Å²) in [6.07, 6.45) is 2.35. The second kappa shape index (κ2) is 6.10. The van der Waals surface area contributed by atoms with Crippen molar-refractivity contribution in [2.75, 3.05) is 20.3 Å². The van der Waals surface area contributed by atoms with E-state index in [-0.39, 0.29) is 0 Å². The summed E-state index contributed by atoms with van der Waals surface area (Å²) in [4.78, 5) is 8.29. The molecule has 0 fully saturated rings. The summed E-state index contributed by atoms with van der Waals surface area (Å²) in [6.45, 7) is 1.21. The van der Waals surface area contributed by atoms with E-state index in [0.717, 1.165) is 5.69 Å². The molecule has 14 heavy (non-hydrogen) atoms. The first-order valence-corrected chi connectivity index (χ1v) is 4.50. The van der Waals surface area contributed by atoms with E-state index in [2.05, 4.69) is 9.98 Å². The molecule has 0 unspecified atom stereocenters. The summed E-state index contributed by atoms with van der Waals surface area (Å²) >= 11 is 0. The van der Waals surface area contributed by atoms with Gasteiger partial charge in [-0.15, -0.1) is 0 Å². The van der Waals surface area contributed by atoms with E-state index >= 15 is 0 Å². The summed E-state index contributed by atoms with van der Waals surface area (Å²) in [5.41, 5.74) is 6.64. The molecule has 4 heteroatoms. The third-order valence-corrected chi connectivity index (χ3v) is 1.70. The van der Waals surface area contributed by atoms with Gasteiger partial charge in [0, 0.05) is 25.4 Å². The fourth-order valence-corrected chi connectivity index (χ4v) is 1.02. The zero-order valence-electron chi connectivity index (χ0n) is 8.31. The van der Waals surface area contributed by atoms with Crippen molar-refractivity contribution in [3.8, 4) is 0 Å². The second-order valence-corrected chi connectivity index (χ2v) is 2.86. The predicted molar refractivity (Wildman–Crippen MR) is 56.3 cm³/mol. The number of nitrogens with zero attached hydrogens (tertiary/aromatic N) is 2. The van der Waals surface area contributed by atoms with Gasteiger partial charge in [0.25, 0.3) is 0 Å². The average Bonchev–Trinajstić information content (AvgIpc) is 2.20. The fraction of sp³-hybridized carbons (Fsp3) is 0.400. The normalized spacial score (nSPS) is 11.6. The maximum absolute atomic E-state index is 5.70. The van der Waals surface area contributed by atoms with Crippen molar-refractivity contribution in [1.29, 1.82) is 0 Å². The molecule has 0 aliphatic rings. The fourth-order valence-electron chi connectivity index (χ4n) is 1.02. The van der Waals surface area contributed by atoms with Crippen LogP contribution in [-0.2, 0) is 11.2 Å². The first kappa shape index (κ1) is 10.7. The van der Waals surface area contributed by atoms with Crippen molar-refractivity contribution >= 4 is 5.84 Å². The first-order chi connectivity index (χ1) is 6.83. The maximum Gasteiger partial charge on any atom is 0.0998 e. The van der Waals surface area contributed by atoms with E-state index in [1.807, 2.05) is 18.2 Å². The van der Waals surface area contributed by atoms with E-state index in [0.29, 0.717) is 25.4 Å². The molecule has 2 N–H and O–H groups in total. The van der Waals surface area contributed by atoms with Crippen LogP contribution in [-0.4, -0.2) is 31.1 Å². The minimum absolute atomic E-state index is 0.598. The van der Waals surface area contributed by atoms with Gasteiger partial charge >= 0.3 is 0 Å². The van der Waals surface area contributed by atoms with Crippen LogP contribution in [0, 0.1) is 0 Å². The van der Waals surface area contributed by atoms with Crippen molar-refractivity contribution in [2.24, 2.45) is 10.7 Å². The molecule has 1 aromatic heterocycles. The number of ether oxygens (including phenoxy) is 1. The van der Waals surface area contributed by atoms with Crippen molar-refractivity contribution in [1.82, 2.24) is 4.98 Å². The molecule has 1 rings (SSSR count). The Morgan fingerprint density at radius 1 is 1.57 bits per heavy atom. The molecular formula is C10H15N3O. The van der Waals surface area contributed by atoms with Gasteiger partial charge in [0.05, 0.1) is 19.0 Å². The van der Waals surface area contributed by atoms with E-state index < -0.39 is 0 Å². The quantitative estimate of drug-likeness (QED) is 0.424. The van der Waals surface area contributed by atoms with Crippen LogP contribution in [0.1, 0.15) is 5.69 Å². The SMILES string of the molecule is COCCN=C(N)Cc1ccccn1. The van der Waals surface area contributed by atoms with E-state index in [9.17, 15) is 0 Å². The van der Waals surface area contributed by atoms with Gasteiger partial charge in [0.2, 0.25) is 0 Å². The van der Waals surface area contributed by atoms with Crippen LogP contribution in [0.15, 0.2) is 29.4 Å². The molecule has 0 aliphatic heterocycles. The van der Waals surface area contributed by atoms with Crippen LogP contribution < -0.4 is 5.73 Å². The molecule has 0 amide bonds. The number of aromatic nitrogens is 1. The topological polar surface area (TPSA) is 60.5 Å². The maximum atomic E-state index is 5.70. The molecule has 0 aliphatic carbocycles. The molecule has 0 bridgehead atoms. The van der Waals surface area contributed by atoms with Gasteiger partial charge in [0.15, 0.2) is 0 Å². The standard InChI is InChI=1S/C10H15N3O/c1-14-7-6-13-10(11)8-9-4-2-3-5-12-9/h2-5H,6-8H2,1H3,(H2,11,13). The Morgan fingerprint density at radius 3 is 3.07 bits per heavy atom. The van der Waals surface area contributed by atoms with Crippen LogP contribution in [0.25, 0.3) is 0 Å². The van der Waals surface area contributed by atoms with Crippen molar-refractivity contribution in [3.63, 3.8) is 0 Å². The lowest BCUT2D eigenvalue weighted by Crippen LogP contribution is -2.17. The summed E-state index contributed by atoms with van der Waals surface area (Å²) in [5.74, 6) is 0.598. The van der Waals surface area contributed by atoms with Crippen molar-refractivity contribution in [3.05, 3.63) is 30.1 Å². The van der Waals surface area contributed by atoms with E-state index in [4.69, 9.17) is 10.5 Å². The highest BCUT2D eigenvalue weighted by atomic mass is 16.5. The van der Waals surface area contributed by atoms with Gasteiger partial charge in [-0.3, -0.25) is 9.98 Å². The zero-order chi connectivity index (χ0) is 10.2. The molecule has 1 heterocycles. The Morgan fingerprint density at radius 2 is 2.43 bits per heavy atom. The van der Waals surface area contributed by atoms with Gasteiger partial charge in [-0.05, 0) is 12.1 Å². The molecule has 0 radical (unpaired) electrons. The van der Waals surface area contributed by atoms with Crippen LogP contribution in [0.5, 0.6) is 0 Å². The van der Waals surface area contributed by atoms with Gasteiger partial charge in [-0.25, -0.2) is 0 Å². The van der Waals surface area contributed by atoms with E-state index in [1.165, 1.54) is 0 Å².